The largest absolute Gasteiger partial charge is 0.326 e. The summed E-state index contributed by atoms with van der Waals surface area (Å²) < 4.78 is 39.8. The Hall–Kier alpha value is -1.44. The first-order valence-electron chi connectivity index (χ1n) is 5.90. The number of hydrogen-bond acceptors (Lipinski definition) is 4. The van der Waals surface area contributed by atoms with E-state index in [0.717, 1.165) is 9.18 Å². The smallest absolute Gasteiger partial charge is 0.265 e. The van der Waals surface area contributed by atoms with E-state index in [-0.39, 0.29) is 17.1 Å². The number of anilines is 1. The Morgan fingerprint density at radius 2 is 2.00 bits per heavy atom. The Morgan fingerprint density at radius 1 is 1.35 bits per heavy atom. The molecule has 0 unspecified atom stereocenters. The van der Waals surface area contributed by atoms with Crippen molar-refractivity contribution >= 4 is 27.0 Å². The Balaban J connectivity index is 2.49. The second-order valence-electron chi connectivity index (χ2n) is 4.26. The minimum absolute atomic E-state index is 0.0207. The number of rotatable bonds is 4. The van der Waals surface area contributed by atoms with Crippen LogP contribution in [0.3, 0.4) is 0 Å². The summed E-state index contributed by atoms with van der Waals surface area (Å²) in [6, 6.07) is 7.32. The van der Waals surface area contributed by atoms with E-state index in [1.54, 1.807) is 19.1 Å². The number of benzene rings is 1. The highest BCUT2D eigenvalue weighted by molar-refractivity contribution is 7.93. The number of halogens is 1. The van der Waals surface area contributed by atoms with Crippen molar-refractivity contribution in [2.24, 2.45) is 5.73 Å². The fourth-order valence-electron chi connectivity index (χ4n) is 1.87. The van der Waals surface area contributed by atoms with Crippen molar-refractivity contribution < 1.29 is 12.8 Å². The molecule has 1 aromatic heterocycles. The summed E-state index contributed by atoms with van der Waals surface area (Å²) in [6.45, 7) is 2.00. The van der Waals surface area contributed by atoms with Crippen LogP contribution in [0.25, 0.3) is 0 Å². The molecule has 108 valence electrons. The van der Waals surface area contributed by atoms with Crippen molar-refractivity contribution in [1.82, 2.24) is 0 Å². The van der Waals surface area contributed by atoms with Gasteiger partial charge in [-0.3, -0.25) is 4.31 Å². The molecule has 0 aliphatic heterocycles. The quantitative estimate of drug-likeness (QED) is 0.943. The van der Waals surface area contributed by atoms with Crippen LogP contribution >= 0.6 is 11.3 Å². The van der Waals surface area contributed by atoms with E-state index in [2.05, 4.69) is 0 Å². The number of sulfonamides is 1. The molecule has 0 aliphatic rings. The molecule has 0 fully saturated rings. The first-order valence-corrected chi connectivity index (χ1v) is 8.16. The Labute approximate surface area is 121 Å². The molecule has 0 saturated heterocycles. The van der Waals surface area contributed by atoms with Crippen LogP contribution in [0.15, 0.2) is 35.2 Å². The number of nitrogens with zero attached hydrogens (tertiary/aromatic N) is 1. The van der Waals surface area contributed by atoms with E-state index in [1.165, 1.54) is 36.6 Å². The third kappa shape index (κ3) is 2.56. The molecule has 4 nitrogen and oxygen atoms in total. The predicted molar refractivity (Wildman–Crippen MR) is 78.9 cm³/mol. The first-order chi connectivity index (χ1) is 9.37. The van der Waals surface area contributed by atoms with E-state index in [4.69, 9.17) is 5.73 Å². The molecule has 1 aromatic carbocycles. The molecular formula is C13H15FN2O2S2. The van der Waals surface area contributed by atoms with Crippen molar-refractivity contribution in [3.05, 3.63) is 45.9 Å². The van der Waals surface area contributed by atoms with E-state index in [1.807, 2.05) is 0 Å². The fraction of sp³-hybridized carbons (Fsp3) is 0.231. The van der Waals surface area contributed by atoms with Gasteiger partial charge in [-0.05, 0) is 25.1 Å². The zero-order valence-electron chi connectivity index (χ0n) is 11.1. The van der Waals surface area contributed by atoms with Crippen LogP contribution in [0.4, 0.5) is 10.1 Å². The molecule has 0 bridgehead atoms. The van der Waals surface area contributed by atoms with Crippen LogP contribution in [0.1, 0.15) is 9.75 Å². The Kier molecular flexibility index (Phi) is 4.12. The summed E-state index contributed by atoms with van der Waals surface area (Å²) in [5, 5.41) is 0. The summed E-state index contributed by atoms with van der Waals surface area (Å²) in [6.07, 6.45) is 0. The zero-order chi connectivity index (χ0) is 14.9. The number of hydrogen-bond donors (Lipinski definition) is 1. The highest BCUT2D eigenvalue weighted by Crippen LogP contribution is 2.30. The number of nitrogens with two attached hydrogens (primary N) is 1. The van der Waals surface area contributed by atoms with Crippen molar-refractivity contribution in [2.45, 2.75) is 18.4 Å². The first kappa shape index (κ1) is 15.0. The number of para-hydroxylation sites is 1. The topological polar surface area (TPSA) is 63.4 Å². The third-order valence-electron chi connectivity index (χ3n) is 2.95. The van der Waals surface area contributed by atoms with Crippen LogP contribution in [0.2, 0.25) is 0 Å². The summed E-state index contributed by atoms with van der Waals surface area (Å²) in [5.74, 6) is -0.578. The summed E-state index contributed by atoms with van der Waals surface area (Å²) in [5.41, 5.74) is 5.55. The fourth-order valence-corrected chi connectivity index (χ4v) is 4.55. The lowest BCUT2D eigenvalue weighted by molar-refractivity contribution is 0.589. The molecule has 0 saturated carbocycles. The third-order valence-corrected chi connectivity index (χ3v) is 6.05. The maximum Gasteiger partial charge on any atom is 0.265 e. The highest BCUT2D eigenvalue weighted by Gasteiger charge is 2.26. The van der Waals surface area contributed by atoms with Gasteiger partial charge < -0.3 is 5.73 Å². The van der Waals surface area contributed by atoms with E-state index in [0.29, 0.717) is 4.88 Å². The van der Waals surface area contributed by atoms with Crippen molar-refractivity contribution in [2.75, 3.05) is 11.4 Å². The van der Waals surface area contributed by atoms with Crippen molar-refractivity contribution in [3.8, 4) is 0 Å². The molecule has 2 rings (SSSR count). The van der Waals surface area contributed by atoms with E-state index < -0.39 is 15.8 Å². The molecule has 0 spiro atoms. The molecule has 1 heterocycles. The van der Waals surface area contributed by atoms with E-state index in [9.17, 15) is 12.8 Å². The van der Waals surface area contributed by atoms with Gasteiger partial charge in [-0.1, -0.05) is 12.1 Å². The zero-order valence-corrected chi connectivity index (χ0v) is 12.8. The van der Waals surface area contributed by atoms with Gasteiger partial charge >= 0.3 is 0 Å². The summed E-state index contributed by atoms with van der Waals surface area (Å²) in [4.78, 5) is 1.60. The van der Waals surface area contributed by atoms with Gasteiger partial charge in [0.25, 0.3) is 10.0 Å². The molecule has 2 aromatic rings. The lowest BCUT2D eigenvalue weighted by atomic mass is 10.3. The second-order valence-corrected chi connectivity index (χ2v) is 7.54. The van der Waals surface area contributed by atoms with Gasteiger partial charge in [0.2, 0.25) is 0 Å². The SMILES string of the molecule is Cc1sc(CN)cc1S(=O)(=O)N(C)c1ccccc1F. The van der Waals surface area contributed by atoms with Gasteiger partial charge in [-0.2, -0.15) is 0 Å². The molecule has 2 N–H and O–H groups in total. The van der Waals surface area contributed by atoms with Crippen LogP contribution in [-0.2, 0) is 16.6 Å². The molecule has 0 atom stereocenters. The Morgan fingerprint density at radius 3 is 2.55 bits per heavy atom. The van der Waals surface area contributed by atoms with Crippen LogP contribution in [0, 0.1) is 12.7 Å². The van der Waals surface area contributed by atoms with E-state index >= 15 is 0 Å². The maximum atomic E-state index is 13.7. The maximum absolute atomic E-state index is 13.7. The molecule has 0 amide bonds. The average molecular weight is 314 g/mol. The minimum Gasteiger partial charge on any atom is -0.326 e. The van der Waals surface area contributed by atoms with Gasteiger partial charge in [0, 0.05) is 23.3 Å². The average Bonchev–Trinajstić information content (AvgIpc) is 2.80. The standard InChI is InChI=1S/C13H15FN2O2S2/c1-9-13(7-10(8-15)19-9)20(17,18)16(2)12-6-4-3-5-11(12)14/h3-7H,8,15H2,1-2H3. The van der Waals surface area contributed by atoms with Crippen LogP contribution in [-0.4, -0.2) is 15.5 Å². The summed E-state index contributed by atoms with van der Waals surface area (Å²) >= 11 is 1.33. The van der Waals surface area contributed by atoms with Gasteiger partial charge in [0.1, 0.15) is 10.7 Å². The lowest BCUT2D eigenvalue weighted by Gasteiger charge is -2.19. The van der Waals surface area contributed by atoms with Gasteiger partial charge in [-0.15, -0.1) is 11.3 Å². The molecule has 20 heavy (non-hydrogen) atoms. The van der Waals surface area contributed by atoms with Crippen molar-refractivity contribution in [3.63, 3.8) is 0 Å². The van der Waals surface area contributed by atoms with Crippen LogP contribution in [0.5, 0.6) is 0 Å². The second kappa shape index (κ2) is 5.51. The predicted octanol–water partition coefficient (Wildman–Crippen LogP) is 2.48. The molecule has 0 aliphatic carbocycles. The summed E-state index contributed by atoms with van der Waals surface area (Å²) in [7, 11) is -2.45. The highest BCUT2D eigenvalue weighted by atomic mass is 32.2. The normalized spacial score (nSPS) is 11.6. The van der Waals surface area contributed by atoms with Gasteiger partial charge in [0.15, 0.2) is 0 Å². The van der Waals surface area contributed by atoms with Gasteiger partial charge in [-0.25, -0.2) is 12.8 Å². The van der Waals surface area contributed by atoms with Gasteiger partial charge in [0.05, 0.1) is 5.69 Å². The molecule has 7 heteroatoms. The molecular weight excluding hydrogens is 299 g/mol. The van der Waals surface area contributed by atoms with Crippen molar-refractivity contribution in [1.29, 1.82) is 0 Å². The monoisotopic (exact) mass is 314 g/mol. The lowest BCUT2D eigenvalue weighted by Crippen LogP contribution is -2.27. The Bertz CT molecular complexity index is 726. The minimum atomic E-state index is -3.79. The molecule has 0 radical (unpaired) electrons. The number of aryl methyl sites for hydroxylation is 1. The van der Waals surface area contributed by atoms with Crippen LogP contribution < -0.4 is 10.0 Å². The number of thiophene rings is 1.